The first kappa shape index (κ1) is 8.48. The standard InChI is InChI=1S/C9H18N2O/c12-6-3-8-7-11(5-4-10-8)9-1-2-9/h8-10,12H,1-7H2. The van der Waals surface area contributed by atoms with Crippen LogP contribution in [0.25, 0.3) is 0 Å². The van der Waals surface area contributed by atoms with Crippen molar-refractivity contribution in [2.75, 3.05) is 26.2 Å². The number of aliphatic hydroxyl groups excluding tert-OH is 1. The Balaban J connectivity index is 1.77. The zero-order chi connectivity index (χ0) is 8.39. The number of aliphatic hydroxyl groups is 1. The monoisotopic (exact) mass is 170 g/mol. The van der Waals surface area contributed by atoms with Crippen LogP contribution < -0.4 is 5.32 Å². The predicted molar refractivity (Wildman–Crippen MR) is 48.1 cm³/mol. The molecular formula is C9H18N2O. The van der Waals surface area contributed by atoms with Gasteiger partial charge in [-0.1, -0.05) is 0 Å². The van der Waals surface area contributed by atoms with Crippen LogP contribution in [0.5, 0.6) is 0 Å². The Bertz CT molecular complexity index is 145. The molecule has 12 heavy (non-hydrogen) atoms. The van der Waals surface area contributed by atoms with E-state index in [1.165, 1.54) is 19.4 Å². The van der Waals surface area contributed by atoms with E-state index < -0.39 is 0 Å². The van der Waals surface area contributed by atoms with Gasteiger partial charge in [-0.25, -0.2) is 0 Å². The fourth-order valence-corrected chi connectivity index (χ4v) is 1.97. The number of hydrogen-bond donors (Lipinski definition) is 2. The first-order valence-electron chi connectivity index (χ1n) is 4.98. The van der Waals surface area contributed by atoms with Gasteiger partial charge in [0, 0.05) is 38.3 Å². The van der Waals surface area contributed by atoms with Crippen molar-refractivity contribution in [3.05, 3.63) is 0 Å². The molecular weight excluding hydrogens is 152 g/mol. The van der Waals surface area contributed by atoms with Gasteiger partial charge in [-0.15, -0.1) is 0 Å². The van der Waals surface area contributed by atoms with E-state index in [4.69, 9.17) is 5.11 Å². The molecule has 2 aliphatic rings. The molecule has 1 saturated carbocycles. The van der Waals surface area contributed by atoms with Crippen LogP contribution in [0.1, 0.15) is 19.3 Å². The normalized spacial score (nSPS) is 32.2. The summed E-state index contributed by atoms with van der Waals surface area (Å²) in [5.41, 5.74) is 0. The van der Waals surface area contributed by atoms with Crippen LogP contribution in [0.2, 0.25) is 0 Å². The second kappa shape index (κ2) is 3.73. The quantitative estimate of drug-likeness (QED) is 0.616. The highest BCUT2D eigenvalue weighted by Crippen LogP contribution is 2.27. The molecule has 1 unspecified atom stereocenters. The van der Waals surface area contributed by atoms with Gasteiger partial charge in [0.15, 0.2) is 0 Å². The third kappa shape index (κ3) is 1.97. The second-order valence-electron chi connectivity index (χ2n) is 3.89. The van der Waals surface area contributed by atoms with Crippen molar-refractivity contribution in [2.45, 2.75) is 31.3 Å². The molecule has 1 saturated heterocycles. The highest BCUT2D eigenvalue weighted by Gasteiger charge is 2.31. The van der Waals surface area contributed by atoms with Gasteiger partial charge in [-0.2, -0.15) is 0 Å². The van der Waals surface area contributed by atoms with Gasteiger partial charge in [0.1, 0.15) is 0 Å². The number of nitrogens with zero attached hydrogens (tertiary/aromatic N) is 1. The van der Waals surface area contributed by atoms with Crippen LogP contribution >= 0.6 is 0 Å². The van der Waals surface area contributed by atoms with Gasteiger partial charge in [0.2, 0.25) is 0 Å². The fourth-order valence-electron chi connectivity index (χ4n) is 1.97. The summed E-state index contributed by atoms with van der Waals surface area (Å²) in [5, 5.41) is 12.2. The van der Waals surface area contributed by atoms with E-state index in [-0.39, 0.29) is 0 Å². The minimum Gasteiger partial charge on any atom is -0.396 e. The topological polar surface area (TPSA) is 35.5 Å². The van der Waals surface area contributed by atoms with Gasteiger partial charge in [-0.3, -0.25) is 4.90 Å². The molecule has 0 aromatic heterocycles. The summed E-state index contributed by atoms with van der Waals surface area (Å²) in [7, 11) is 0. The molecule has 2 rings (SSSR count). The average molecular weight is 170 g/mol. The molecule has 0 aromatic carbocycles. The largest absolute Gasteiger partial charge is 0.396 e. The summed E-state index contributed by atoms with van der Waals surface area (Å²) < 4.78 is 0. The lowest BCUT2D eigenvalue weighted by molar-refractivity contribution is 0.167. The molecule has 2 fully saturated rings. The molecule has 0 amide bonds. The zero-order valence-electron chi connectivity index (χ0n) is 7.50. The summed E-state index contributed by atoms with van der Waals surface area (Å²) in [4.78, 5) is 2.57. The lowest BCUT2D eigenvalue weighted by atomic mass is 10.1. The maximum atomic E-state index is 8.80. The SMILES string of the molecule is OCCC1CN(C2CC2)CCN1. The predicted octanol–water partition coefficient (Wildman–Crippen LogP) is -0.195. The van der Waals surface area contributed by atoms with Crippen LogP contribution in [0.15, 0.2) is 0 Å². The van der Waals surface area contributed by atoms with Crippen molar-refractivity contribution in [1.82, 2.24) is 10.2 Å². The van der Waals surface area contributed by atoms with Crippen molar-refractivity contribution in [1.29, 1.82) is 0 Å². The number of piperazine rings is 1. The summed E-state index contributed by atoms with van der Waals surface area (Å²) in [6.07, 6.45) is 3.70. The minimum absolute atomic E-state index is 0.316. The molecule has 0 radical (unpaired) electrons. The van der Waals surface area contributed by atoms with E-state index in [1.54, 1.807) is 0 Å². The van der Waals surface area contributed by atoms with Crippen LogP contribution in [-0.2, 0) is 0 Å². The van der Waals surface area contributed by atoms with Gasteiger partial charge >= 0.3 is 0 Å². The molecule has 3 nitrogen and oxygen atoms in total. The third-order valence-electron chi connectivity index (χ3n) is 2.83. The Hall–Kier alpha value is -0.120. The Morgan fingerprint density at radius 2 is 2.25 bits per heavy atom. The van der Waals surface area contributed by atoms with Crippen molar-refractivity contribution < 1.29 is 5.11 Å². The van der Waals surface area contributed by atoms with E-state index in [9.17, 15) is 0 Å². The molecule has 2 N–H and O–H groups in total. The van der Waals surface area contributed by atoms with Crippen LogP contribution in [0.3, 0.4) is 0 Å². The van der Waals surface area contributed by atoms with E-state index >= 15 is 0 Å². The Kier molecular flexibility index (Phi) is 2.63. The molecule has 0 aromatic rings. The molecule has 1 aliphatic heterocycles. The van der Waals surface area contributed by atoms with Crippen LogP contribution in [-0.4, -0.2) is 48.3 Å². The summed E-state index contributed by atoms with van der Waals surface area (Å²) >= 11 is 0. The van der Waals surface area contributed by atoms with E-state index in [0.717, 1.165) is 25.6 Å². The number of nitrogens with one attached hydrogen (secondary N) is 1. The van der Waals surface area contributed by atoms with Crippen molar-refractivity contribution >= 4 is 0 Å². The molecule has 1 aliphatic carbocycles. The van der Waals surface area contributed by atoms with Gasteiger partial charge in [0.05, 0.1) is 0 Å². The molecule has 3 heteroatoms. The molecule has 0 bridgehead atoms. The molecule has 1 atom stereocenters. The molecule has 0 spiro atoms. The lowest BCUT2D eigenvalue weighted by Crippen LogP contribution is -2.51. The van der Waals surface area contributed by atoms with E-state index in [0.29, 0.717) is 12.6 Å². The molecule has 1 heterocycles. The van der Waals surface area contributed by atoms with E-state index in [2.05, 4.69) is 10.2 Å². The summed E-state index contributed by atoms with van der Waals surface area (Å²) in [6, 6.07) is 1.41. The minimum atomic E-state index is 0.316. The van der Waals surface area contributed by atoms with Crippen molar-refractivity contribution in [3.63, 3.8) is 0 Å². The molecule has 70 valence electrons. The Morgan fingerprint density at radius 3 is 2.92 bits per heavy atom. The zero-order valence-corrected chi connectivity index (χ0v) is 7.50. The van der Waals surface area contributed by atoms with Gasteiger partial charge in [0.25, 0.3) is 0 Å². The van der Waals surface area contributed by atoms with Gasteiger partial charge < -0.3 is 10.4 Å². The maximum absolute atomic E-state index is 8.80. The first-order valence-corrected chi connectivity index (χ1v) is 4.98. The summed E-state index contributed by atoms with van der Waals surface area (Å²) in [5.74, 6) is 0. The number of rotatable bonds is 3. The highest BCUT2D eigenvalue weighted by molar-refractivity contribution is 4.89. The number of hydrogen-bond acceptors (Lipinski definition) is 3. The lowest BCUT2D eigenvalue weighted by Gasteiger charge is -2.33. The van der Waals surface area contributed by atoms with E-state index in [1.807, 2.05) is 0 Å². The van der Waals surface area contributed by atoms with Crippen molar-refractivity contribution in [3.8, 4) is 0 Å². The Labute approximate surface area is 73.8 Å². The van der Waals surface area contributed by atoms with Crippen LogP contribution in [0, 0.1) is 0 Å². The second-order valence-corrected chi connectivity index (χ2v) is 3.89. The maximum Gasteiger partial charge on any atom is 0.0446 e. The first-order chi connectivity index (χ1) is 5.90. The van der Waals surface area contributed by atoms with Crippen molar-refractivity contribution in [2.24, 2.45) is 0 Å². The fraction of sp³-hybridized carbons (Fsp3) is 1.00. The summed E-state index contributed by atoms with van der Waals surface area (Å²) in [6.45, 7) is 3.76. The highest BCUT2D eigenvalue weighted by atomic mass is 16.3. The van der Waals surface area contributed by atoms with Crippen LogP contribution in [0.4, 0.5) is 0 Å². The Morgan fingerprint density at radius 1 is 1.42 bits per heavy atom. The van der Waals surface area contributed by atoms with Gasteiger partial charge in [-0.05, 0) is 19.3 Å². The third-order valence-corrected chi connectivity index (χ3v) is 2.83. The average Bonchev–Trinajstić information content (AvgIpc) is 2.88. The smallest absolute Gasteiger partial charge is 0.0446 e.